The van der Waals surface area contributed by atoms with Gasteiger partial charge in [0, 0.05) is 11.3 Å². The number of nitrogens with zero attached hydrogens (tertiary/aromatic N) is 1. The summed E-state index contributed by atoms with van der Waals surface area (Å²) in [5.41, 5.74) is 4.07. The maximum absolute atomic E-state index is 12.3. The van der Waals surface area contributed by atoms with Crippen LogP contribution >= 0.6 is 0 Å². The molecule has 16 heavy (non-hydrogen) atoms. The maximum atomic E-state index is 12.3. The van der Waals surface area contributed by atoms with Crippen molar-refractivity contribution < 1.29 is 4.79 Å². The molecule has 0 bridgehead atoms. The van der Waals surface area contributed by atoms with E-state index in [4.69, 9.17) is 0 Å². The Labute approximate surface area is 94.5 Å². The Morgan fingerprint density at radius 2 is 1.81 bits per heavy atom. The molecule has 0 aliphatic carbocycles. The second kappa shape index (κ2) is 3.93. The molecular formula is C13H14N2O. The molecular weight excluding hydrogens is 200 g/mol. The van der Waals surface area contributed by atoms with Crippen LogP contribution in [0.2, 0.25) is 0 Å². The highest BCUT2D eigenvalue weighted by Crippen LogP contribution is 2.18. The Balaban J connectivity index is 2.54. The quantitative estimate of drug-likeness (QED) is 0.781. The minimum absolute atomic E-state index is 0.00523. The highest BCUT2D eigenvalue weighted by Gasteiger charge is 2.17. The molecule has 1 aromatic heterocycles. The summed E-state index contributed by atoms with van der Waals surface area (Å²) < 4.78 is 0. The highest BCUT2D eigenvalue weighted by atomic mass is 16.1. The summed E-state index contributed by atoms with van der Waals surface area (Å²) in [7, 11) is 0. The average Bonchev–Trinajstić information content (AvgIpc) is 2.64. The fraction of sp³-hybridized carbons (Fsp3) is 0.231. The molecule has 0 amide bonds. The first-order valence-corrected chi connectivity index (χ1v) is 5.22. The Morgan fingerprint density at radius 3 is 2.31 bits per heavy atom. The van der Waals surface area contributed by atoms with Gasteiger partial charge in [-0.2, -0.15) is 0 Å². The molecule has 3 nitrogen and oxygen atoms in total. The normalized spacial score (nSPS) is 10.4. The number of benzene rings is 1. The van der Waals surface area contributed by atoms with E-state index in [1.165, 1.54) is 0 Å². The van der Waals surface area contributed by atoms with Gasteiger partial charge in [-0.3, -0.25) is 4.79 Å². The van der Waals surface area contributed by atoms with Gasteiger partial charge in [0.05, 0.1) is 6.33 Å². The molecule has 2 rings (SSSR count). The lowest BCUT2D eigenvalue weighted by Crippen LogP contribution is -2.08. The minimum atomic E-state index is -0.00523. The van der Waals surface area contributed by atoms with E-state index in [9.17, 15) is 4.79 Å². The van der Waals surface area contributed by atoms with Crippen LogP contribution in [0, 0.1) is 20.8 Å². The number of aromatic amines is 1. The summed E-state index contributed by atoms with van der Waals surface area (Å²) in [5.74, 6) is -0.00523. The number of carbonyl (C=O) groups is 1. The first kappa shape index (κ1) is 10.6. The zero-order valence-electron chi connectivity index (χ0n) is 9.66. The summed E-state index contributed by atoms with van der Waals surface area (Å²) in [6.45, 7) is 5.75. The zero-order valence-corrected chi connectivity index (χ0v) is 9.66. The first-order valence-electron chi connectivity index (χ1n) is 5.22. The van der Waals surface area contributed by atoms with Gasteiger partial charge in [-0.25, -0.2) is 4.98 Å². The lowest BCUT2D eigenvalue weighted by Gasteiger charge is -2.07. The third-order valence-corrected chi connectivity index (χ3v) is 2.75. The summed E-state index contributed by atoms with van der Waals surface area (Å²) >= 11 is 0. The molecule has 0 aliphatic heterocycles. The monoisotopic (exact) mass is 214 g/mol. The Morgan fingerprint density at radius 1 is 1.19 bits per heavy atom. The molecule has 0 atom stereocenters. The molecule has 0 aliphatic rings. The number of rotatable bonds is 2. The van der Waals surface area contributed by atoms with Crippen LogP contribution in [-0.2, 0) is 0 Å². The van der Waals surface area contributed by atoms with Gasteiger partial charge in [-0.1, -0.05) is 18.2 Å². The van der Waals surface area contributed by atoms with E-state index >= 15 is 0 Å². The topological polar surface area (TPSA) is 45.8 Å². The van der Waals surface area contributed by atoms with Gasteiger partial charge in [0.15, 0.2) is 0 Å². The van der Waals surface area contributed by atoms with Gasteiger partial charge >= 0.3 is 0 Å². The van der Waals surface area contributed by atoms with Crippen LogP contribution in [0.4, 0.5) is 0 Å². The summed E-state index contributed by atoms with van der Waals surface area (Å²) in [6, 6.07) is 5.85. The van der Waals surface area contributed by atoms with Gasteiger partial charge in [0.1, 0.15) is 5.69 Å². The predicted octanol–water partition coefficient (Wildman–Crippen LogP) is 2.57. The van der Waals surface area contributed by atoms with Crippen molar-refractivity contribution in [3.05, 3.63) is 52.6 Å². The van der Waals surface area contributed by atoms with Crippen LogP contribution in [0.15, 0.2) is 24.5 Å². The van der Waals surface area contributed by atoms with Crippen molar-refractivity contribution in [3.63, 3.8) is 0 Å². The second-order valence-corrected chi connectivity index (χ2v) is 3.97. The molecule has 1 aromatic carbocycles. The summed E-state index contributed by atoms with van der Waals surface area (Å²) in [6.07, 6.45) is 1.55. The molecule has 0 saturated heterocycles. The molecule has 3 heteroatoms. The van der Waals surface area contributed by atoms with E-state index in [2.05, 4.69) is 9.97 Å². The molecule has 0 spiro atoms. The molecule has 0 saturated carbocycles. The van der Waals surface area contributed by atoms with Crippen molar-refractivity contribution in [1.82, 2.24) is 9.97 Å². The van der Waals surface area contributed by atoms with E-state index in [0.29, 0.717) is 5.69 Å². The third-order valence-electron chi connectivity index (χ3n) is 2.75. The molecule has 82 valence electrons. The van der Waals surface area contributed by atoms with Crippen LogP contribution in [0.25, 0.3) is 0 Å². The largest absolute Gasteiger partial charge is 0.348 e. The number of aryl methyl sites for hydroxylation is 3. The van der Waals surface area contributed by atoms with Crippen molar-refractivity contribution >= 4 is 5.78 Å². The molecule has 1 heterocycles. The highest BCUT2D eigenvalue weighted by molar-refractivity contribution is 6.10. The number of hydrogen-bond donors (Lipinski definition) is 1. The van der Waals surface area contributed by atoms with E-state index < -0.39 is 0 Å². The molecule has 0 fully saturated rings. The van der Waals surface area contributed by atoms with E-state index in [0.717, 1.165) is 22.4 Å². The van der Waals surface area contributed by atoms with Gasteiger partial charge in [-0.15, -0.1) is 0 Å². The fourth-order valence-corrected chi connectivity index (χ4v) is 1.88. The lowest BCUT2D eigenvalue weighted by molar-refractivity contribution is 0.103. The number of H-pyrrole nitrogens is 1. The van der Waals surface area contributed by atoms with Crippen molar-refractivity contribution in [1.29, 1.82) is 0 Å². The molecule has 0 radical (unpaired) electrons. The van der Waals surface area contributed by atoms with Gasteiger partial charge in [0.2, 0.25) is 5.78 Å². The van der Waals surface area contributed by atoms with Crippen molar-refractivity contribution in [2.24, 2.45) is 0 Å². The van der Waals surface area contributed by atoms with E-state index in [1.54, 1.807) is 6.33 Å². The van der Waals surface area contributed by atoms with Crippen molar-refractivity contribution in [2.45, 2.75) is 20.8 Å². The second-order valence-electron chi connectivity index (χ2n) is 3.97. The van der Waals surface area contributed by atoms with Crippen molar-refractivity contribution in [3.8, 4) is 0 Å². The van der Waals surface area contributed by atoms with E-state index in [-0.39, 0.29) is 5.78 Å². The number of nitrogens with one attached hydrogen (secondary N) is 1. The van der Waals surface area contributed by atoms with Gasteiger partial charge < -0.3 is 4.98 Å². The SMILES string of the molecule is Cc1cccc(C)c1C(=O)c1nc[nH]c1C. The van der Waals surface area contributed by atoms with E-state index in [1.807, 2.05) is 39.0 Å². The van der Waals surface area contributed by atoms with Gasteiger partial charge in [-0.05, 0) is 31.9 Å². The fourth-order valence-electron chi connectivity index (χ4n) is 1.88. The number of aromatic nitrogens is 2. The summed E-state index contributed by atoms with van der Waals surface area (Å²) in [5, 5.41) is 0. The molecule has 0 unspecified atom stereocenters. The number of hydrogen-bond acceptors (Lipinski definition) is 2. The van der Waals surface area contributed by atoms with Gasteiger partial charge in [0.25, 0.3) is 0 Å². The number of carbonyl (C=O) groups excluding carboxylic acids is 1. The zero-order chi connectivity index (χ0) is 11.7. The minimum Gasteiger partial charge on any atom is -0.348 e. The van der Waals surface area contributed by atoms with Crippen molar-refractivity contribution in [2.75, 3.05) is 0 Å². The average molecular weight is 214 g/mol. The van der Waals surface area contributed by atoms with Crippen LogP contribution in [0.1, 0.15) is 32.9 Å². The number of ketones is 1. The smallest absolute Gasteiger partial charge is 0.213 e. The van der Waals surface area contributed by atoms with Crippen LogP contribution in [0.5, 0.6) is 0 Å². The maximum Gasteiger partial charge on any atom is 0.213 e. The predicted molar refractivity (Wildman–Crippen MR) is 62.7 cm³/mol. The molecule has 2 aromatic rings. The Hall–Kier alpha value is -1.90. The first-order chi connectivity index (χ1) is 7.61. The van der Waals surface area contributed by atoms with Crippen LogP contribution in [-0.4, -0.2) is 15.8 Å². The Kier molecular flexibility index (Phi) is 2.60. The number of imidazole rings is 1. The third kappa shape index (κ3) is 1.65. The van der Waals surface area contributed by atoms with Crippen LogP contribution < -0.4 is 0 Å². The lowest BCUT2D eigenvalue weighted by atomic mass is 9.97. The standard InChI is InChI=1S/C13H14N2O/c1-8-5-4-6-9(2)11(8)13(16)12-10(3)14-7-15-12/h4-7H,1-3H3,(H,14,15). The summed E-state index contributed by atoms with van der Waals surface area (Å²) in [4.78, 5) is 19.3. The molecule has 1 N–H and O–H groups in total. The van der Waals surface area contributed by atoms with Crippen LogP contribution in [0.3, 0.4) is 0 Å². The Bertz CT molecular complexity index is 520.